The van der Waals surface area contributed by atoms with Crippen LogP contribution in [0.4, 0.5) is 10.1 Å². The first kappa shape index (κ1) is 14.6. The summed E-state index contributed by atoms with van der Waals surface area (Å²) in [6, 6.07) is 5.00. The van der Waals surface area contributed by atoms with Crippen LogP contribution < -0.4 is 10.1 Å². The molecule has 1 aromatic rings. The van der Waals surface area contributed by atoms with Gasteiger partial charge in [-0.15, -0.1) is 0 Å². The molecule has 116 valence electrons. The van der Waals surface area contributed by atoms with Gasteiger partial charge in [0.05, 0.1) is 18.4 Å². The summed E-state index contributed by atoms with van der Waals surface area (Å²) >= 11 is 0. The molecule has 0 aliphatic carbocycles. The molecule has 1 atom stereocenters. The number of anilines is 1. The summed E-state index contributed by atoms with van der Waals surface area (Å²) in [4.78, 5) is 0. The van der Waals surface area contributed by atoms with E-state index in [-0.39, 0.29) is 17.5 Å². The standard InChI is InChI=1S/C16H22FNO3/c1-19-13-2-3-14(17)15(10-13)18-12-4-7-21-16(11-12)5-8-20-9-6-16/h2-3,10,12,18H,4-9,11H2,1H3. The Kier molecular flexibility index (Phi) is 4.31. The molecular formula is C16H22FNO3. The highest BCUT2D eigenvalue weighted by Crippen LogP contribution is 2.35. The molecule has 4 nitrogen and oxygen atoms in total. The predicted octanol–water partition coefficient (Wildman–Crippen LogP) is 2.97. The van der Waals surface area contributed by atoms with Gasteiger partial charge in [0.2, 0.25) is 0 Å². The van der Waals surface area contributed by atoms with E-state index in [1.807, 2.05) is 0 Å². The van der Waals surface area contributed by atoms with Gasteiger partial charge >= 0.3 is 0 Å². The van der Waals surface area contributed by atoms with Crippen LogP contribution in [0.25, 0.3) is 0 Å². The summed E-state index contributed by atoms with van der Waals surface area (Å²) in [6.45, 7) is 2.21. The van der Waals surface area contributed by atoms with Crippen LogP contribution >= 0.6 is 0 Å². The third kappa shape index (κ3) is 3.30. The highest BCUT2D eigenvalue weighted by atomic mass is 19.1. The van der Waals surface area contributed by atoms with Gasteiger partial charge in [0.15, 0.2) is 0 Å². The molecule has 2 heterocycles. The van der Waals surface area contributed by atoms with Gasteiger partial charge < -0.3 is 19.5 Å². The minimum Gasteiger partial charge on any atom is -0.497 e. The van der Waals surface area contributed by atoms with Gasteiger partial charge in [-0.2, -0.15) is 0 Å². The fraction of sp³-hybridized carbons (Fsp3) is 0.625. The van der Waals surface area contributed by atoms with Crippen molar-refractivity contribution in [2.75, 3.05) is 32.2 Å². The van der Waals surface area contributed by atoms with Gasteiger partial charge in [-0.1, -0.05) is 0 Å². The van der Waals surface area contributed by atoms with E-state index in [1.165, 1.54) is 6.07 Å². The van der Waals surface area contributed by atoms with Gasteiger partial charge in [-0.25, -0.2) is 4.39 Å². The molecule has 2 saturated heterocycles. The van der Waals surface area contributed by atoms with E-state index in [9.17, 15) is 4.39 Å². The Bertz CT molecular complexity index is 483. The van der Waals surface area contributed by atoms with Crippen molar-refractivity contribution in [1.82, 2.24) is 0 Å². The molecule has 2 aliphatic rings. The summed E-state index contributed by atoms with van der Waals surface area (Å²) in [5, 5.41) is 3.32. The zero-order valence-corrected chi connectivity index (χ0v) is 12.4. The summed E-state index contributed by atoms with van der Waals surface area (Å²) < 4.78 is 30.5. The van der Waals surface area contributed by atoms with Gasteiger partial charge in [0, 0.05) is 31.9 Å². The number of methoxy groups -OCH3 is 1. The molecule has 2 aliphatic heterocycles. The van der Waals surface area contributed by atoms with Crippen LogP contribution in [0.15, 0.2) is 18.2 Å². The van der Waals surface area contributed by atoms with Crippen molar-refractivity contribution in [3.8, 4) is 5.75 Å². The van der Waals surface area contributed by atoms with Crippen molar-refractivity contribution in [3.63, 3.8) is 0 Å². The van der Waals surface area contributed by atoms with Gasteiger partial charge in [0.1, 0.15) is 11.6 Å². The van der Waals surface area contributed by atoms with E-state index in [2.05, 4.69) is 5.32 Å². The third-order valence-electron chi connectivity index (χ3n) is 4.43. The van der Waals surface area contributed by atoms with Crippen LogP contribution in [0.5, 0.6) is 5.75 Å². The van der Waals surface area contributed by atoms with Gasteiger partial charge in [-0.05, 0) is 37.8 Å². The lowest BCUT2D eigenvalue weighted by Crippen LogP contribution is -2.47. The molecular weight excluding hydrogens is 273 g/mol. The summed E-state index contributed by atoms with van der Waals surface area (Å²) in [5.74, 6) is 0.412. The van der Waals surface area contributed by atoms with E-state index in [4.69, 9.17) is 14.2 Å². The lowest BCUT2D eigenvalue weighted by Gasteiger charge is -2.43. The van der Waals surface area contributed by atoms with Gasteiger partial charge in [-0.3, -0.25) is 0 Å². The van der Waals surface area contributed by atoms with Crippen molar-refractivity contribution in [2.45, 2.75) is 37.3 Å². The first-order chi connectivity index (χ1) is 10.2. The Labute approximate surface area is 124 Å². The Balaban J connectivity index is 1.69. The van der Waals surface area contributed by atoms with Crippen molar-refractivity contribution < 1.29 is 18.6 Å². The Morgan fingerprint density at radius 3 is 2.86 bits per heavy atom. The molecule has 1 aromatic carbocycles. The zero-order valence-electron chi connectivity index (χ0n) is 12.4. The van der Waals surface area contributed by atoms with Crippen LogP contribution in [0, 0.1) is 5.82 Å². The van der Waals surface area contributed by atoms with E-state index < -0.39 is 0 Å². The molecule has 1 unspecified atom stereocenters. The Hall–Kier alpha value is -1.33. The maximum absolute atomic E-state index is 13.9. The fourth-order valence-corrected chi connectivity index (χ4v) is 3.20. The quantitative estimate of drug-likeness (QED) is 0.930. The molecule has 0 radical (unpaired) electrons. The van der Waals surface area contributed by atoms with Crippen molar-refractivity contribution in [3.05, 3.63) is 24.0 Å². The molecule has 0 amide bonds. The number of halogens is 1. The van der Waals surface area contributed by atoms with Gasteiger partial charge in [0.25, 0.3) is 0 Å². The van der Waals surface area contributed by atoms with Crippen molar-refractivity contribution in [1.29, 1.82) is 0 Å². The monoisotopic (exact) mass is 295 g/mol. The number of nitrogens with one attached hydrogen (secondary N) is 1. The number of rotatable bonds is 3. The second kappa shape index (κ2) is 6.20. The lowest BCUT2D eigenvalue weighted by molar-refractivity contribution is -0.135. The predicted molar refractivity (Wildman–Crippen MR) is 78.3 cm³/mol. The minimum absolute atomic E-state index is 0.0937. The SMILES string of the molecule is COc1ccc(F)c(NC2CCOC3(CCOCC3)C2)c1. The zero-order chi connectivity index (χ0) is 14.7. The van der Waals surface area contributed by atoms with Crippen LogP contribution in [0.1, 0.15) is 25.7 Å². The number of benzene rings is 1. The van der Waals surface area contributed by atoms with E-state index in [1.54, 1.807) is 19.2 Å². The molecule has 1 spiro atoms. The molecule has 1 N–H and O–H groups in total. The van der Waals surface area contributed by atoms with Crippen molar-refractivity contribution >= 4 is 5.69 Å². The Morgan fingerprint density at radius 2 is 2.10 bits per heavy atom. The molecule has 21 heavy (non-hydrogen) atoms. The molecule has 0 bridgehead atoms. The summed E-state index contributed by atoms with van der Waals surface area (Å²) in [6.07, 6.45) is 3.63. The molecule has 2 fully saturated rings. The first-order valence-corrected chi connectivity index (χ1v) is 7.53. The number of hydrogen-bond acceptors (Lipinski definition) is 4. The smallest absolute Gasteiger partial charge is 0.146 e. The molecule has 3 rings (SSSR count). The molecule has 0 saturated carbocycles. The summed E-state index contributed by atoms with van der Waals surface area (Å²) in [5.41, 5.74) is 0.409. The minimum atomic E-state index is -0.247. The summed E-state index contributed by atoms with van der Waals surface area (Å²) in [7, 11) is 1.59. The largest absolute Gasteiger partial charge is 0.497 e. The maximum atomic E-state index is 13.9. The third-order valence-corrected chi connectivity index (χ3v) is 4.43. The average Bonchev–Trinajstić information content (AvgIpc) is 2.50. The number of hydrogen-bond donors (Lipinski definition) is 1. The second-order valence-corrected chi connectivity index (χ2v) is 5.82. The Morgan fingerprint density at radius 1 is 1.29 bits per heavy atom. The van der Waals surface area contributed by atoms with Crippen LogP contribution in [-0.4, -0.2) is 38.6 Å². The highest BCUT2D eigenvalue weighted by molar-refractivity contribution is 5.50. The maximum Gasteiger partial charge on any atom is 0.146 e. The van der Waals surface area contributed by atoms with Crippen molar-refractivity contribution in [2.24, 2.45) is 0 Å². The topological polar surface area (TPSA) is 39.7 Å². The highest BCUT2D eigenvalue weighted by Gasteiger charge is 2.39. The normalized spacial score (nSPS) is 24.8. The fourth-order valence-electron chi connectivity index (χ4n) is 3.20. The van der Waals surface area contributed by atoms with E-state index in [0.717, 1.165) is 38.9 Å². The first-order valence-electron chi connectivity index (χ1n) is 7.53. The molecule has 0 aromatic heterocycles. The van der Waals surface area contributed by atoms with E-state index >= 15 is 0 Å². The lowest BCUT2D eigenvalue weighted by atomic mass is 9.84. The van der Waals surface area contributed by atoms with E-state index in [0.29, 0.717) is 18.0 Å². The number of ether oxygens (including phenoxy) is 3. The second-order valence-electron chi connectivity index (χ2n) is 5.82. The van der Waals surface area contributed by atoms with Crippen LogP contribution in [0.2, 0.25) is 0 Å². The average molecular weight is 295 g/mol. The van der Waals surface area contributed by atoms with Crippen LogP contribution in [0.3, 0.4) is 0 Å². The molecule has 5 heteroatoms. The van der Waals surface area contributed by atoms with Crippen LogP contribution in [-0.2, 0) is 9.47 Å².